The fourth-order valence-electron chi connectivity index (χ4n) is 2.35. The third-order valence-electron chi connectivity index (χ3n) is 3.49. The lowest BCUT2D eigenvalue weighted by Crippen LogP contribution is -2.39. The van der Waals surface area contributed by atoms with Crippen molar-refractivity contribution >= 4 is 0 Å². The number of hydrogen-bond donors (Lipinski definition) is 1. The predicted molar refractivity (Wildman–Crippen MR) is 67.2 cm³/mol. The summed E-state index contributed by atoms with van der Waals surface area (Å²) in [5.74, 6) is 0.967. The van der Waals surface area contributed by atoms with Crippen LogP contribution < -0.4 is 5.32 Å². The Morgan fingerprint density at radius 1 is 1.27 bits per heavy atom. The summed E-state index contributed by atoms with van der Waals surface area (Å²) >= 11 is 0. The van der Waals surface area contributed by atoms with Crippen molar-refractivity contribution < 1.29 is 0 Å². The Labute approximate surface area is 95.4 Å². The molecule has 0 spiro atoms. The van der Waals surface area contributed by atoms with E-state index >= 15 is 0 Å². The van der Waals surface area contributed by atoms with Crippen LogP contribution in [0.1, 0.15) is 46.0 Å². The van der Waals surface area contributed by atoms with Crippen LogP contribution >= 0.6 is 0 Å². The molecule has 0 amide bonds. The Morgan fingerprint density at radius 3 is 2.87 bits per heavy atom. The van der Waals surface area contributed by atoms with Gasteiger partial charge in [0, 0.05) is 19.6 Å². The first-order valence-electron chi connectivity index (χ1n) is 6.79. The lowest BCUT2D eigenvalue weighted by atomic mass is 9.96. The van der Waals surface area contributed by atoms with Crippen LogP contribution in [-0.2, 0) is 0 Å². The number of piperidine rings is 1. The third kappa shape index (κ3) is 5.53. The zero-order chi connectivity index (χ0) is 10.9. The molecule has 1 aliphatic rings. The number of rotatable bonds is 7. The van der Waals surface area contributed by atoms with Crippen molar-refractivity contribution in [2.24, 2.45) is 5.92 Å². The van der Waals surface area contributed by atoms with E-state index in [0.29, 0.717) is 0 Å². The van der Waals surface area contributed by atoms with Crippen molar-refractivity contribution in [1.29, 1.82) is 0 Å². The van der Waals surface area contributed by atoms with Crippen LogP contribution in [-0.4, -0.2) is 37.6 Å². The standard InChI is InChI=1S/C13H28N2/c1-3-5-8-14-9-11-15-10-6-7-13(4-2)12-15/h13-14H,3-12H2,1-2H3. The second kappa shape index (κ2) is 8.12. The highest BCUT2D eigenvalue weighted by Gasteiger charge is 2.17. The van der Waals surface area contributed by atoms with E-state index in [4.69, 9.17) is 0 Å². The molecular weight excluding hydrogens is 184 g/mol. The molecule has 1 rings (SSSR count). The molecule has 1 aliphatic heterocycles. The predicted octanol–water partition coefficient (Wildman–Crippen LogP) is 2.50. The highest BCUT2D eigenvalue weighted by Crippen LogP contribution is 2.18. The summed E-state index contributed by atoms with van der Waals surface area (Å²) in [7, 11) is 0. The zero-order valence-corrected chi connectivity index (χ0v) is 10.6. The Balaban J connectivity index is 2.00. The first kappa shape index (κ1) is 13.0. The van der Waals surface area contributed by atoms with E-state index in [2.05, 4.69) is 24.1 Å². The Hall–Kier alpha value is -0.0800. The second-order valence-electron chi connectivity index (χ2n) is 4.82. The highest BCUT2D eigenvalue weighted by molar-refractivity contribution is 4.72. The Kier molecular flexibility index (Phi) is 7.03. The van der Waals surface area contributed by atoms with Crippen LogP contribution in [0.3, 0.4) is 0 Å². The first-order valence-corrected chi connectivity index (χ1v) is 6.79. The van der Waals surface area contributed by atoms with Gasteiger partial charge in [-0.3, -0.25) is 0 Å². The molecule has 2 heteroatoms. The molecule has 0 aromatic rings. The van der Waals surface area contributed by atoms with Crippen LogP contribution in [0.4, 0.5) is 0 Å². The van der Waals surface area contributed by atoms with Gasteiger partial charge in [-0.05, 0) is 38.3 Å². The molecule has 1 N–H and O–H groups in total. The number of likely N-dealkylation sites (tertiary alicyclic amines) is 1. The number of nitrogens with one attached hydrogen (secondary N) is 1. The summed E-state index contributed by atoms with van der Waals surface area (Å²) in [5.41, 5.74) is 0. The number of nitrogens with zero attached hydrogens (tertiary/aromatic N) is 1. The highest BCUT2D eigenvalue weighted by atomic mass is 15.1. The van der Waals surface area contributed by atoms with Crippen LogP contribution in [0, 0.1) is 5.92 Å². The maximum Gasteiger partial charge on any atom is 0.0107 e. The molecule has 0 saturated carbocycles. The van der Waals surface area contributed by atoms with Gasteiger partial charge in [0.15, 0.2) is 0 Å². The van der Waals surface area contributed by atoms with Gasteiger partial charge in [-0.25, -0.2) is 0 Å². The summed E-state index contributed by atoms with van der Waals surface area (Å²) in [6.45, 7) is 10.9. The van der Waals surface area contributed by atoms with Gasteiger partial charge < -0.3 is 10.2 Å². The molecule has 1 fully saturated rings. The summed E-state index contributed by atoms with van der Waals surface area (Å²) in [4.78, 5) is 2.64. The topological polar surface area (TPSA) is 15.3 Å². The molecule has 1 saturated heterocycles. The minimum atomic E-state index is 0.967. The SMILES string of the molecule is CCCCNCCN1CCCC(CC)C1. The van der Waals surface area contributed by atoms with Crippen LogP contribution in [0.5, 0.6) is 0 Å². The smallest absolute Gasteiger partial charge is 0.0107 e. The van der Waals surface area contributed by atoms with Crippen molar-refractivity contribution in [2.45, 2.75) is 46.0 Å². The van der Waals surface area contributed by atoms with E-state index in [0.717, 1.165) is 5.92 Å². The molecule has 0 aromatic heterocycles. The third-order valence-corrected chi connectivity index (χ3v) is 3.49. The zero-order valence-electron chi connectivity index (χ0n) is 10.6. The van der Waals surface area contributed by atoms with Crippen molar-refractivity contribution in [3.8, 4) is 0 Å². The fourth-order valence-corrected chi connectivity index (χ4v) is 2.35. The van der Waals surface area contributed by atoms with Gasteiger partial charge in [-0.1, -0.05) is 26.7 Å². The van der Waals surface area contributed by atoms with E-state index < -0.39 is 0 Å². The molecule has 0 aliphatic carbocycles. The first-order chi connectivity index (χ1) is 7.36. The molecule has 90 valence electrons. The van der Waals surface area contributed by atoms with Crippen molar-refractivity contribution in [2.75, 3.05) is 32.7 Å². The van der Waals surface area contributed by atoms with Crippen molar-refractivity contribution in [1.82, 2.24) is 10.2 Å². The van der Waals surface area contributed by atoms with Crippen molar-refractivity contribution in [3.63, 3.8) is 0 Å². The van der Waals surface area contributed by atoms with Crippen LogP contribution in [0.25, 0.3) is 0 Å². The molecule has 1 heterocycles. The van der Waals surface area contributed by atoms with E-state index in [-0.39, 0.29) is 0 Å². The maximum absolute atomic E-state index is 3.52. The molecule has 1 atom stereocenters. The van der Waals surface area contributed by atoms with E-state index in [9.17, 15) is 0 Å². The lowest BCUT2D eigenvalue weighted by Gasteiger charge is -2.32. The lowest BCUT2D eigenvalue weighted by molar-refractivity contribution is 0.172. The van der Waals surface area contributed by atoms with E-state index in [1.807, 2.05) is 0 Å². The fraction of sp³-hybridized carbons (Fsp3) is 1.00. The molecule has 15 heavy (non-hydrogen) atoms. The van der Waals surface area contributed by atoms with Gasteiger partial charge in [-0.2, -0.15) is 0 Å². The molecule has 2 nitrogen and oxygen atoms in total. The maximum atomic E-state index is 3.52. The quantitative estimate of drug-likeness (QED) is 0.652. The number of hydrogen-bond acceptors (Lipinski definition) is 2. The summed E-state index contributed by atoms with van der Waals surface area (Å²) < 4.78 is 0. The average molecular weight is 212 g/mol. The van der Waals surface area contributed by atoms with Gasteiger partial charge in [0.25, 0.3) is 0 Å². The van der Waals surface area contributed by atoms with E-state index in [1.54, 1.807) is 0 Å². The minimum absolute atomic E-state index is 0.967. The minimum Gasteiger partial charge on any atom is -0.315 e. The largest absolute Gasteiger partial charge is 0.315 e. The molecule has 1 unspecified atom stereocenters. The van der Waals surface area contributed by atoms with Gasteiger partial charge in [0.1, 0.15) is 0 Å². The average Bonchev–Trinajstić information content (AvgIpc) is 2.29. The summed E-state index contributed by atoms with van der Waals surface area (Å²) in [6.07, 6.45) is 6.84. The summed E-state index contributed by atoms with van der Waals surface area (Å²) in [5, 5.41) is 3.52. The normalized spacial score (nSPS) is 23.2. The molecule has 0 radical (unpaired) electrons. The Bertz CT molecular complexity index is 147. The Morgan fingerprint density at radius 2 is 2.13 bits per heavy atom. The van der Waals surface area contributed by atoms with Crippen LogP contribution in [0.15, 0.2) is 0 Å². The number of unbranched alkanes of at least 4 members (excludes halogenated alkanes) is 1. The van der Waals surface area contributed by atoms with Gasteiger partial charge in [0.05, 0.1) is 0 Å². The molecular formula is C13H28N2. The monoisotopic (exact) mass is 212 g/mol. The van der Waals surface area contributed by atoms with E-state index in [1.165, 1.54) is 64.8 Å². The second-order valence-corrected chi connectivity index (χ2v) is 4.82. The van der Waals surface area contributed by atoms with Gasteiger partial charge >= 0.3 is 0 Å². The van der Waals surface area contributed by atoms with Crippen LogP contribution in [0.2, 0.25) is 0 Å². The van der Waals surface area contributed by atoms with Gasteiger partial charge in [0.2, 0.25) is 0 Å². The van der Waals surface area contributed by atoms with Crippen molar-refractivity contribution in [3.05, 3.63) is 0 Å². The molecule has 0 aromatic carbocycles. The summed E-state index contributed by atoms with van der Waals surface area (Å²) in [6, 6.07) is 0. The molecule has 0 bridgehead atoms. The van der Waals surface area contributed by atoms with Gasteiger partial charge in [-0.15, -0.1) is 0 Å².